The molecule has 25 heavy (non-hydrogen) atoms. The lowest BCUT2D eigenvalue weighted by Gasteiger charge is -2.08. The van der Waals surface area contributed by atoms with Crippen LogP contribution in [-0.2, 0) is 0 Å². The molecule has 2 aromatic carbocycles. The summed E-state index contributed by atoms with van der Waals surface area (Å²) in [6, 6.07) is 20.8. The smallest absolute Gasteiger partial charge is 0.257 e. The quantitative estimate of drug-likeness (QED) is 0.619. The Morgan fingerprint density at radius 3 is 2.52 bits per heavy atom. The van der Waals surface area contributed by atoms with Crippen LogP contribution in [0.25, 0.3) is 22.2 Å². The van der Waals surface area contributed by atoms with Gasteiger partial charge in [-0.15, -0.1) is 0 Å². The van der Waals surface area contributed by atoms with Gasteiger partial charge in [-0.2, -0.15) is 0 Å². The molecular weight excluding hydrogens is 312 g/mol. The van der Waals surface area contributed by atoms with Crippen LogP contribution in [-0.4, -0.2) is 20.9 Å². The molecule has 0 aliphatic carbocycles. The van der Waals surface area contributed by atoms with Crippen molar-refractivity contribution in [1.82, 2.24) is 15.0 Å². The largest absolute Gasteiger partial charge is 0.306 e. The highest BCUT2D eigenvalue weighted by atomic mass is 16.1. The molecule has 5 nitrogen and oxygen atoms in total. The van der Waals surface area contributed by atoms with E-state index in [1.165, 1.54) is 6.33 Å². The van der Waals surface area contributed by atoms with Gasteiger partial charge in [0, 0.05) is 23.2 Å². The first kappa shape index (κ1) is 15.0. The van der Waals surface area contributed by atoms with Gasteiger partial charge in [-0.1, -0.05) is 48.5 Å². The summed E-state index contributed by atoms with van der Waals surface area (Å²) < 4.78 is 0. The van der Waals surface area contributed by atoms with Gasteiger partial charge in [0.25, 0.3) is 5.91 Å². The van der Waals surface area contributed by atoms with Crippen molar-refractivity contribution in [2.24, 2.45) is 0 Å². The monoisotopic (exact) mass is 326 g/mol. The minimum Gasteiger partial charge on any atom is -0.306 e. The maximum absolute atomic E-state index is 12.7. The van der Waals surface area contributed by atoms with E-state index in [4.69, 9.17) is 0 Å². The zero-order valence-corrected chi connectivity index (χ0v) is 13.3. The predicted molar refractivity (Wildman–Crippen MR) is 97.2 cm³/mol. The first-order valence-electron chi connectivity index (χ1n) is 7.84. The maximum Gasteiger partial charge on any atom is 0.257 e. The zero-order valence-electron chi connectivity index (χ0n) is 13.3. The molecule has 0 atom stereocenters. The molecule has 0 aliphatic heterocycles. The number of nitrogens with zero attached hydrogens (tertiary/aromatic N) is 3. The Bertz CT molecular complexity index is 1040. The molecule has 2 aromatic heterocycles. The second-order valence-electron chi connectivity index (χ2n) is 5.48. The van der Waals surface area contributed by atoms with Crippen molar-refractivity contribution in [2.45, 2.75) is 0 Å². The third-order valence-electron chi connectivity index (χ3n) is 3.87. The van der Waals surface area contributed by atoms with Crippen LogP contribution in [0.15, 0.2) is 79.3 Å². The van der Waals surface area contributed by atoms with Gasteiger partial charge in [0.15, 0.2) is 0 Å². The van der Waals surface area contributed by atoms with Gasteiger partial charge in [0.2, 0.25) is 0 Å². The molecule has 0 bridgehead atoms. The number of hydrogen-bond donors (Lipinski definition) is 1. The highest BCUT2D eigenvalue weighted by molar-refractivity contribution is 6.12. The molecular formula is C20H14N4O. The summed E-state index contributed by atoms with van der Waals surface area (Å²) in [4.78, 5) is 25.4. The van der Waals surface area contributed by atoms with E-state index >= 15 is 0 Å². The van der Waals surface area contributed by atoms with Gasteiger partial charge in [-0.3, -0.25) is 9.78 Å². The molecule has 4 rings (SSSR count). The van der Waals surface area contributed by atoms with Crippen LogP contribution in [0.5, 0.6) is 0 Å². The zero-order chi connectivity index (χ0) is 17.1. The number of carbonyl (C=O) groups is 1. The highest BCUT2D eigenvalue weighted by Crippen LogP contribution is 2.20. The minimum atomic E-state index is -0.226. The number of rotatable bonds is 3. The van der Waals surface area contributed by atoms with Gasteiger partial charge in [0.1, 0.15) is 12.1 Å². The van der Waals surface area contributed by atoms with Crippen molar-refractivity contribution in [3.8, 4) is 11.3 Å². The lowest BCUT2D eigenvalue weighted by Crippen LogP contribution is -2.13. The number of aromatic nitrogens is 3. The number of amides is 1. The summed E-state index contributed by atoms with van der Waals surface area (Å²) in [6.07, 6.45) is 3.08. The number of benzene rings is 2. The predicted octanol–water partition coefficient (Wildman–Crippen LogP) is 3.94. The normalized spacial score (nSPS) is 10.6. The fourth-order valence-corrected chi connectivity index (χ4v) is 2.67. The maximum atomic E-state index is 12.7. The van der Waals surface area contributed by atoms with Crippen molar-refractivity contribution >= 4 is 22.6 Å². The molecule has 0 fully saturated rings. The molecule has 0 aliphatic rings. The summed E-state index contributed by atoms with van der Waals surface area (Å²) in [5.74, 6) is 0.232. The molecule has 2 heterocycles. The Balaban J connectivity index is 1.65. The van der Waals surface area contributed by atoms with Crippen LogP contribution in [0, 0.1) is 0 Å². The fourth-order valence-electron chi connectivity index (χ4n) is 2.67. The summed E-state index contributed by atoms with van der Waals surface area (Å²) >= 11 is 0. The summed E-state index contributed by atoms with van der Waals surface area (Å²) in [6.45, 7) is 0. The van der Waals surface area contributed by atoms with E-state index in [2.05, 4.69) is 20.3 Å². The van der Waals surface area contributed by atoms with Gasteiger partial charge in [-0.05, 0) is 12.1 Å². The van der Waals surface area contributed by atoms with E-state index in [1.807, 2.05) is 54.6 Å². The lowest BCUT2D eigenvalue weighted by molar-refractivity contribution is 0.102. The lowest BCUT2D eigenvalue weighted by atomic mass is 10.1. The number of anilines is 1. The molecule has 1 amide bonds. The number of nitrogens with one attached hydrogen (secondary N) is 1. The average molecular weight is 326 g/mol. The molecule has 0 saturated heterocycles. The average Bonchev–Trinajstić information content (AvgIpc) is 2.68. The number of carbonyl (C=O) groups excluding carboxylic acids is 1. The molecule has 0 radical (unpaired) electrons. The molecule has 0 spiro atoms. The van der Waals surface area contributed by atoms with Crippen molar-refractivity contribution in [1.29, 1.82) is 0 Å². The Kier molecular flexibility index (Phi) is 3.88. The van der Waals surface area contributed by atoms with Crippen LogP contribution < -0.4 is 5.32 Å². The van der Waals surface area contributed by atoms with Gasteiger partial charge >= 0.3 is 0 Å². The molecule has 5 heteroatoms. The Hall–Kier alpha value is -3.60. The SMILES string of the molecule is O=C(Nc1cc(-c2ccccc2)ncn1)c1ccnc2ccccc12. The van der Waals surface area contributed by atoms with Gasteiger partial charge in [-0.25, -0.2) is 9.97 Å². The van der Waals surface area contributed by atoms with Crippen LogP contribution in [0.1, 0.15) is 10.4 Å². The van der Waals surface area contributed by atoms with Crippen LogP contribution in [0.3, 0.4) is 0 Å². The van der Waals surface area contributed by atoms with Crippen molar-refractivity contribution in [2.75, 3.05) is 5.32 Å². The van der Waals surface area contributed by atoms with E-state index in [-0.39, 0.29) is 5.91 Å². The van der Waals surface area contributed by atoms with Crippen LogP contribution >= 0.6 is 0 Å². The summed E-state index contributed by atoms with van der Waals surface area (Å²) in [5.41, 5.74) is 3.06. The number of hydrogen-bond acceptors (Lipinski definition) is 4. The molecule has 1 N–H and O–H groups in total. The highest BCUT2D eigenvalue weighted by Gasteiger charge is 2.12. The third-order valence-corrected chi connectivity index (χ3v) is 3.87. The van der Waals surface area contributed by atoms with E-state index in [1.54, 1.807) is 18.3 Å². The topological polar surface area (TPSA) is 67.8 Å². The first-order chi connectivity index (χ1) is 12.3. The Morgan fingerprint density at radius 2 is 1.64 bits per heavy atom. The van der Waals surface area contributed by atoms with E-state index < -0.39 is 0 Å². The minimum absolute atomic E-state index is 0.226. The van der Waals surface area contributed by atoms with Crippen LogP contribution in [0.2, 0.25) is 0 Å². The number of pyridine rings is 1. The standard InChI is InChI=1S/C20H14N4O/c25-20(16-10-11-21-17-9-5-4-8-15(16)17)24-19-12-18(22-13-23-19)14-6-2-1-3-7-14/h1-13H,(H,22,23,24,25). The first-order valence-corrected chi connectivity index (χ1v) is 7.84. The summed E-state index contributed by atoms with van der Waals surface area (Å²) in [7, 11) is 0. The Labute approximate surface area is 144 Å². The van der Waals surface area contributed by atoms with Crippen molar-refractivity contribution in [3.05, 3.63) is 84.8 Å². The second kappa shape index (κ2) is 6.49. The second-order valence-corrected chi connectivity index (χ2v) is 5.48. The number of fused-ring (bicyclic) bond motifs is 1. The van der Waals surface area contributed by atoms with E-state index in [9.17, 15) is 4.79 Å². The van der Waals surface area contributed by atoms with Crippen molar-refractivity contribution < 1.29 is 4.79 Å². The summed E-state index contributed by atoms with van der Waals surface area (Å²) in [5, 5.41) is 3.65. The number of para-hydroxylation sites is 1. The fraction of sp³-hybridized carbons (Fsp3) is 0. The van der Waals surface area contributed by atoms with Gasteiger partial charge < -0.3 is 5.32 Å². The molecule has 120 valence electrons. The van der Waals surface area contributed by atoms with Gasteiger partial charge in [0.05, 0.1) is 16.8 Å². The molecule has 0 saturated carbocycles. The Morgan fingerprint density at radius 1 is 0.840 bits per heavy atom. The van der Waals surface area contributed by atoms with Crippen molar-refractivity contribution in [3.63, 3.8) is 0 Å². The van der Waals surface area contributed by atoms with Crippen LogP contribution in [0.4, 0.5) is 5.82 Å². The molecule has 4 aromatic rings. The van der Waals surface area contributed by atoms with E-state index in [0.29, 0.717) is 11.4 Å². The molecule has 0 unspecified atom stereocenters. The third kappa shape index (κ3) is 3.07. The van der Waals surface area contributed by atoms with E-state index in [0.717, 1.165) is 22.2 Å².